The second-order valence-electron chi connectivity index (χ2n) is 5.92. The van der Waals surface area contributed by atoms with Gasteiger partial charge in [-0.2, -0.15) is 0 Å². The van der Waals surface area contributed by atoms with E-state index in [0.29, 0.717) is 17.1 Å². The molecule has 7 heteroatoms. The maximum atomic E-state index is 12.5. The first kappa shape index (κ1) is 20.0. The Morgan fingerprint density at radius 2 is 1.93 bits per heavy atom. The molecule has 0 saturated carbocycles. The average Bonchev–Trinajstić information content (AvgIpc) is 2.70. The molecule has 0 aliphatic carbocycles. The number of hydrogen-bond donors (Lipinski definition) is 0. The Kier molecular flexibility index (Phi) is 6.54. The standard InChI is InChI=1S/C20H22N2O5/c1-14(16-6-5-7-17(12-16)22(24)25)21(2)20(23)11-9-15-8-10-18(26-3)13-19(15)27-4/h5-14H,1-4H3/b11-9+/t14-/m1/s1. The molecule has 0 spiro atoms. The minimum absolute atomic E-state index is 0.00119. The van der Waals surface area contributed by atoms with Crippen molar-refractivity contribution in [3.8, 4) is 11.5 Å². The van der Waals surface area contributed by atoms with Gasteiger partial charge < -0.3 is 14.4 Å². The second-order valence-corrected chi connectivity index (χ2v) is 5.92. The molecule has 2 rings (SSSR count). The molecule has 1 amide bonds. The lowest BCUT2D eigenvalue weighted by Gasteiger charge is -2.24. The quantitative estimate of drug-likeness (QED) is 0.420. The highest BCUT2D eigenvalue weighted by Crippen LogP contribution is 2.26. The minimum Gasteiger partial charge on any atom is -0.497 e. The smallest absolute Gasteiger partial charge is 0.269 e. The van der Waals surface area contributed by atoms with Crippen molar-refractivity contribution in [3.05, 3.63) is 69.8 Å². The number of nitro benzene ring substituents is 1. The molecule has 142 valence electrons. The van der Waals surface area contributed by atoms with Crippen LogP contribution in [0.2, 0.25) is 0 Å². The Hall–Kier alpha value is -3.35. The lowest BCUT2D eigenvalue weighted by Crippen LogP contribution is -2.28. The third-order valence-electron chi connectivity index (χ3n) is 4.34. The van der Waals surface area contributed by atoms with Crippen LogP contribution in [0.25, 0.3) is 6.08 Å². The Labute approximate surface area is 158 Å². The van der Waals surface area contributed by atoms with Gasteiger partial charge in [0.15, 0.2) is 0 Å². The van der Waals surface area contributed by atoms with E-state index in [0.717, 1.165) is 5.56 Å². The summed E-state index contributed by atoms with van der Waals surface area (Å²) < 4.78 is 10.5. The van der Waals surface area contributed by atoms with Crippen LogP contribution in [0.5, 0.6) is 11.5 Å². The summed E-state index contributed by atoms with van der Waals surface area (Å²) in [5.74, 6) is 1.02. The number of amides is 1. The third-order valence-corrected chi connectivity index (χ3v) is 4.34. The average molecular weight is 370 g/mol. The van der Waals surface area contributed by atoms with Gasteiger partial charge in [-0.25, -0.2) is 0 Å². The Bertz CT molecular complexity index is 863. The van der Waals surface area contributed by atoms with Crippen molar-refractivity contribution < 1.29 is 19.2 Å². The maximum Gasteiger partial charge on any atom is 0.269 e. The van der Waals surface area contributed by atoms with Gasteiger partial charge in [0.05, 0.1) is 25.2 Å². The van der Waals surface area contributed by atoms with E-state index in [1.54, 1.807) is 57.7 Å². The van der Waals surface area contributed by atoms with Gasteiger partial charge in [0.2, 0.25) is 5.91 Å². The molecule has 2 aromatic rings. The molecule has 0 aliphatic rings. The maximum absolute atomic E-state index is 12.5. The van der Waals surface area contributed by atoms with Crippen LogP contribution in [0.4, 0.5) is 5.69 Å². The van der Waals surface area contributed by atoms with E-state index in [9.17, 15) is 14.9 Å². The molecule has 27 heavy (non-hydrogen) atoms. The molecule has 0 saturated heterocycles. The zero-order valence-electron chi connectivity index (χ0n) is 15.7. The fourth-order valence-electron chi connectivity index (χ4n) is 2.55. The molecule has 0 bridgehead atoms. The number of likely N-dealkylation sites (N-methyl/N-ethyl adjacent to an activating group) is 1. The summed E-state index contributed by atoms with van der Waals surface area (Å²) in [6, 6.07) is 11.3. The molecule has 0 aromatic heterocycles. The van der Waals surface area contributed by atoms with Gasteiger partial charge in [-0.05, 0) is 30.7 Å². The van der Waals surface area contributed by atoms with Crippen LogP contribution in [0, 0.1) is 10.1 Å². The van der Waals surface area contributed by atoms with Crippen molar-refractivity contribution in [2.45, 2.75) is 13.0 Å². The molecule has 0 radical (unpaired) electrons. The molecule has 0 aliphatic heterocycles. The van der Waals surface area contributed by atoms with Crippen LogP contribution < -0.4 is 9.47 Å². The third kappa shape index (κ3) is 4.84. The van der Waals surface area contributed by atoms with Crippen molar-refractivity contribution in [2.75, 3.05) is 21.3 Å². The Balaban J connectivity index is 2.16. The van der Waals surface area contributed by atoms with Crippen molar-refractivity contribution in [2.24, 2.45) is 0 Å². The molecule has 0 fully saturated rings. The fraction of sp³-hybridized carbons (Fsp3) is 0.250. The van der Waals surface area contributed by atoms with E-state index >= 15 is 0 Å². The van der Waals surface area contributed by atoms with Crippen molar-refractivity contribution in [1.29, 1.82) is 0 Å². The van der Waals surface area contributed by atoms with Gasteiger partial charge >= 0.3 is 0 Å². The van der Waals surface area contributed by atoms with E-state index in [4.69, 9.17) is 9.47 Å². The largest absolute Gasteiger partial charge is 0.497 e. The summed E-state index contributed by atoms with van der Waals surface area (Å²) in [4.78, 5) is 24.5. The summed E-state index contributed by atoms with van der Waals surface area (Å²) >= 11 is 0. The summed E-state index contributed by atoms with van der Waals surface area (Å²) in [5, 5.41) is 10.9. The Morgan fingerprint density at radius 3 is 2.56 bits per heavy atom. The monoisotopic (exact) mass is 370 g/mol. The van der Waals surface area contributed by atoms with Crippen LogP contribution in [0.1, 0.15) is 24.1 Å². The number of ether oxygens (including phenoxy) is 2. The zero-order valence-corrected chi connectivity index (χ0v) is 15.7. The lowest BCUT2D eigenvalue weighted by molar-refractivity contribution is -0.384. The highest BCUT2D eigenvalue weighted by Gasteiger charge is 2.18. The van der Waals surface area contributed by atoms with Gasteiger partial charge in [-0.15, -0.1) is 0 Å². The minimum atomic E-state index is -0.450. The number of non-ortho nitro benzene ring substituents is 1. The van der Waals surface area contributed by atoms with E-state index in [2.05, 4.69) is 0 Å². The molecule has 0 heterocycles. The van der Waals surface area contributed by atoms with Crippen LogP contribution in [0.15, 0.2) is 48.5 Å². The van der Waals surface area contributed by atoms with Crippen LogP contribution >= 0.6 is 0 Å². The number of hydrogen-bond acceptors (Lipinski definition) is 5. The number of benzene rings is 2. The normalized spacial score (nSPS) is 11.9. The molecular weight excluding hydrogens is 348 g/mol. The van der Waals surface area contributed by atoms with Gasteiger partial charge in [-0.3, -0.25) is 14.9 Å². The molecule has 1 atom stereocenters. The van der Waals surface area contributed by atoms with Crippen molar-refractivity contribution in [3.63, 3.8) is 0 Å². The fourth-order valence-corrected chi connectivity index (χ4v) is 2.55. The SMILES string of the molecule is COc1ccc(/C=C/C(=O)N(C)[C@H](C)c2cccc([N+](=O)[O-])c2)c(OC)c1. The first-order valence-corrected chi connectivity index (χ1v) is 8.28. The van der Waals surface area contributed by atoms with Crippen molar-refractivity contribution >= 4 is 17.7 Å². The van der Waals surface area contributed by atoms with E-state index in [-0.39, 0.29) is 17.6 Å². The van der Waals surface area contributed by atoms with Crippen LogP contribution in [0.3, 0.4) is 0 Å². The molecule has 7 nitrogen and oxygen atoms in total. The van der Waals surface area contributed by atoms with E-state index in [1.165, 1.54) is 23.1 Å². The van der Waals surface area contributed by atoms with Crippen LogP contribution in [-0.4, -0.2) is 37.0 Å². The summed E-state index contributed by atoms with van der Waals surface area (Å²) in [6.45, 7) is 1.82. The number of carbonyl (C=O) groups is 1. The first-order chi connectivity index (χ1) is 12.9. The van der Waals surface area contributed by atoms with Crippen LogP contribution in [-0.2, 0) is 4.79 Å². The highest BCUT2D eigenvalue weighted by molar-refractivity contribution is 5.92. The number of nitro groups is 1. The summed E-state index contributed by atoms with van der Waals surface area (Å²) in [5.41, 5.74) is 1.43. The van der Waals surface area contributed by atoms with Gasteiger partial charge in [0, 0.05) is 36.9 Å². The second kappa shape index (κ2) is 8.84. The summed E-state index contributed by atoms with van der Waals surface area (Å²) in [7, 11) is 4.77. The Morgan fingerprint density at radius 1 is 1.19 bits per heavy atom. The molecule has 0 unspecified atom stereocenters. The van der Waals surface area contributed by atoms with Gasteiger partial charge in [0.25, 0.3) is 5.69 Å². The number of carbonyl (C=O) groups excluding carboxylic acids is 1. The number of rotatable bonds is 7. The molecule has 2 aromatic carbocycles. The van der Waals surface area contributed by atoms with Gasteiger partial charge in [0.1, 0.15) is 11.5 Å². The number of nitrogens with zero attached hydrogens (tertiary/aromatic N) is 2. The zero-order chi connectivity index (χ0) is 20.0. The van der Waals surface area contributed by atoms with Crippen molar-refractivity contribution in [1.82, 2.24) is 4.90 Å². The van der Waals surface area contributed by atoms with E-state index < -0.39 is 4.92 Å². The topological polar surface area (TPSA) is 81.9 Å². The molecule has 0 N–H and O–H groups in total. The van der Waals surface area contributed by atoms with E-state index in [1.807, 2.05) is 6.92 Å². The molecular formula is C20H22N2O5. The highest BCUT2D eigenvalue weighted by atomic mass is 16.6. The predicted molar refractivity (Wildman–Crippen MR) is 103 cm³/mol. The first-order valence-electron chi connectivity index (χ1n) is 8.28. The predicted octanol–water partition coefficient (Wildman–Crippen LogP) is 3.84. The summed E-state index contributed by atoms with van der Waals surface area (Å²) in [6.07, 6.45) is 3.11. The van der Waals surface area contributed by atoms with Gasteiger partial charge in [-0.1, -0.05) is 12.1 Å². The number of methoxy groups -OCH3 is 2. The lowest BCUT2D eigenvalue weighted by atomic mass is 10.1.